The van der Waals surface area contributed by atoms with E-state index in [4.69, 9.17) is 9.84 Å². The van der Waals surface area contributed by atoms with Gasteiger partial charge in [0.2, 0.25) is 0 Å². The fourth-order valence-corrected chi connectivity index (χ4v) is 2.81. The quantitative estimate of drug-likeness (QED) is 0.744. The maximum absolute atomic E-state index is 11.6. The maximum atomic E-state index is 11.6. The number of hydrogen-bond donors (Lipinski definition) is 3. The van der Waals surface area contributed by atoms with Gasteiger partial charge in [-0.15, -0.1) is 0 Å². The number of benzene rings is 1. The number of ether oxygens (including phenoxy) is 1. The van der Waals surface area contributed by atoms with Crippen LogP contribution >= 0.6 is 0 Å². The number of nitrogens with zero attached hydrogens (tertiary/aromatic N) is 2. The highest BCUT2D eigenvalue weighted by atomic mass is 16.5. The van der Waals surface area contributed by atoms with Crippen molar-refractivity contribution < 1.29 is 24.9 Å². The lowest BCUT2D eigenvalue weighted by Crippen LogP contribution is -2.36. The van der Waals surface area contributed by atoms with Crippen LogP contribution in [0.4, 0.5) is 0 Å². The second-order valence-corrected chi connectivity index (χ2v) is 5.83. The summed E-state index contributed by atoms with van der Waals surface area (Å²) in [7, 11) is 0. The Bertz CT molecular complexity index is 743. The molecule has 2 heterocycles. The molecule has 1 aromatic carbocycles. The minimum Gasteiger partial charge on any atom is -0.478 e. The van der Waals surface area contributed by atoms with Crippen LogP contribution in [0.1, 0.15) is 27.7 Å². The number of carbonyl (C=O) groups is 1. The maximum Gasteiger partial charge on any atom is 0.337 e. The Balaban J connectivity index is 2.00. The summed E-state index contributed by atoms with van der Waals surface area (Å²) >= 11 is 0. The molecule has 7 heteroatoms. The van der Waals surface area contributed by atoms with E-state index in [-0.39, 0.29) is 12.2 Å². The van der Waals surface area contributed by atoms with E-state index in [2.05, 4.69) is 9.88 Å². The Hall–Kier alpha value is -2.06. The molecule has 0 bridgehead atoms. The number of aromatic nitrogens is 1. The first-order valence-electron chi connectivity index (χ1n) is 7.84. The third-order valence-electron chi connectivity index (χ3n) is 4.19. The van der Waals surface area contributed by atoms with Crippen molar-refractivity contribution in [1.82, 2.24) is 9.88 Å². The topological polar surface area (TPSA) is 103 Å². The Kier molecular flexibility index (Phi) is 5.06. The molecule has 1 saturated heterocycles. The Morgan fingerprint density at radius 3 is 2.71 bits per heavy atom. The number of aliphatic hydroxyl groups excluding tert-OH is 2. The number of morpholine rings is 1. The molecule has 3 N–H and O–H groups in total. The second-order valence-electron chi connectivity index (χ2n) is 5.83. The molecule has 1 unspecified atom stereocenters. The summed E-state index contributed by atoms with van der Waals surface area (Å²) in [5, 5.41) is 29.0. The lowest BCUT2D eigenvalue weighted by molar-refractivity contribution is 0.0334. The zero-order valence-electron chi connectivity index (χ0n) is 13.2. The number of carboxylic acids is 1. The van der Waals surface area contributed by atoms with Crippen LogP contribution in [-0.2, 0) is 11.3 Å². The van der Waals surface area contributed by atoms with Gasteiger partial charge in [0.1, 0.15) is 6.10 Å². The van der Waals surface area contributed by atoms with Crippen LogP contribution in [0.3, 0.4) is 0 Å². The summed E-state index contributed by atoms with van der Waals surface area (Å²) in [5.74, 6) is -1.01. The molecule has 1 aliphatic rings. The number of aliphatic hydroxyl groups is 2. The van der Waals surface area contributed by atoms with E-state index in [9.17, 15) is 15.0 Å². The van der Waals surface area contributed by atoms with Gasteiger partial charge in [-0.25, -0.2) is 4.79 Å². The minimum atomic E-state index is -1.01. The summed E-state index contributed by atoms with van der Waals surface area (Å²) in [4.78, 5) is 18.2. The van der Waals surface area contributed by atoms with Crippen LogP contribution in [-0.4, -0.2) is 64.1 Å². The van der Waals surface area contributed by atoms with Gasteiger partial charge in [0.25, 0.3) is 0 Å². The molecule has 2 aromatic rings. The highest BCUT2D eigenvalue weighted by Crippen LogP contribution is 2.23. The van der Waals surface area contributed by atoms with Gasteiger partial charge in [-0.1, -0.05) is 12.1 Å². The fourth-order valence-electron chi connectivity index (χ4n) is 2.81. The predicted molar refractivity (Wildman–Crippen MR) is 86.8 cm³/mol. The number of rotatable bonds is 5. The van der Waals surface area contributed by atoms with Crippen molar-refractivity contribution >= 4 is 16.9 Å². The molecule has 1 aliphatic heterocycles. The highest BCUT2D eigenvalue weighted by molar-refractivity contribution is 5.94. The van der Waals surface area contributed by atoms with E-state index in [1.54, 1.807) is 24.3 Å². The van der Waals surface area contributed by atoms with Gasteiger partial charge in [-0.05, 0) is 17.7 Å². The average molecular weight is 332 g/mol. The first kappa shape index (κ1) is 16.8. The number of carboxylic acid groups (broad SMARTS) is 1. The molecule has 0 amide bonds. The van der Waals surface area contributed by atoms with E-state index in [0.717, 1.165) is 13.1 Å². The van der Waals surface area contributed by atoms with Crippen molar-refractivity contribution in [3.05, 3.63) is 41.1 Å². The molecule has 24 heavy (non-hydrogen) atoms. The number of fused-ring (bicyclic) bond motifs is 1. The Morgan fingerprint density at radius 2 is 2.04 bits per heavy atom. The summed E-state index contributed by atoms with van der Waals surface area (Å²) in [6.45, 7) is 2.79. The lowest BCUT2D eigenvalue weighted by Gasteiger charge is -2.26. The van der Waals surface area contributed by atoms with E-state index in [1.807, 2.05) is 0 Å². The summed E-state index contributed by atoms with van der Waals surface area (Å²) in [6, 6.07) is 6.67. The molecular weight excluding hydrogens is 312 g/mol. The molecule has 0 radical (unpaired) electrons. The van der Waals surface area contributed by atoms with Crippen molar-refractivity contribution in [2.75, 3.05) is 32.9 Å². The fraction of sp³-hybridized carbons (Fsp3) is 0.412. The summed E-state index contributed by atoms with van der Waals surface area (Å²) in [6.07, 6.45) is -0.974. The van der Waals surface area contributed by atoms with Gasteiger partial charge >= 0.3 is 5.97 Å². The number of pyridine rings is 1. The largest absolute Gasteiger partial charge is 0.478 e. The molecular formula is C17H20N2O5. The molecule has 1 aromatic heterocycles. The normalized spacial score (nSPS) is 17.1. The SMILES string of the molecule is O=C(O)c1cc2ccc(C(O)CO)cc2nc1CN1CCOCC1. The van der Waals surface area contributed by atoms with Crippen LogP contribution < -0.4 is 0 Å². The molecule has 128 valence electrons. The van der Waals surface area contributed by atoms with Gasteiger partial charge < -0.3 is 20.1 Å². The molecule has 7 nitrogen and oxygen atoms in total. The van der Waals surface area contributed by atoms with Crippen LogP contribution in [0, 0.1) is 0 Å². The summed E-state index contributed by atoms with van der Waals surface area (Å²) < 4.78 is 5.31. The van der Waals surface area contributed by atoms with Gasteiger partial charge in [0.05, 0.1) is 36.6 Å². The van der Waals surface area contributed by atoms with Crippen LogP contribution in [0.5, 0.6) is 0 Å². The van der Waals surface area contributed by atoms with Gasteiger partial charge in [-0.3, -0.25) is 9.88 Å². The first-order chi connectivity index (χ1) is 11.6. The zero-order valence-corrected chi connectivity index (χ0v) is 13.2. The van der Waals surface area contributed by atoms with Crippen molar-refractivity contribution in [2.24, 2.45) is 0 Å². The third kappa shape index (κ3) is 3.54. The van der Waals surface area contributed by atoms with Crippen molar-refractivity contribution in [3.8, 4) is 0 Å². The molecule has 0 aliphatic carbocycles. The van der Waals surface area contributed by atoms with Crippen molar-refractivity contribution in [3.63, 3.8) is 0 Å². The van der Waals surface area contributed by atoms with Crippen LogP contribution in [0.15, 0.2) is 24.3 Å². The van der Waals surface area contributed by atoms with Crippen molar-refractivity contribution in [1.29, 1.82) is 0 Å². The highest BCUT2D eigenvalue weighted by Gasteiger charge is 2.18. The third-order valence-corrected chi connectivity index (χ3v) is 4.19. The summed E-state index contributed by atoms with van der Waals surface area (Å²) in [5.41, 5.74) is 1.84. The van der Waals surface area contributed by atoms with Crippen molar-refractivity contribution in [2.45, 2.75) is 12.6 Å². The van der Waals surface area contributed by atoms with Gasteiger partial charge in [0, 0.05) is 25.0 Å². The van der Waals surface area contributed by atoms with Crippen LogP contribution in [0.2, 0.25) is 0 Å². The molecule has 0 spiro atoms. The van der Waals surface area contributed by atoms with E-state index < -0.39 is 12.1 Å². The van der Waals surface area contributed by atoms with Crippen LogP contribution in [0.25, 0.3) is 10.9 Å². The standard InChI is InChI=1S/C17H20N2O5/c20-10-16(21)12-2-1-11-7-13(17(22)23)15(18-14(11)8-12)9-19-3-5-24-6-4-19/h1-2,7-8,16,20-21H,3-6,9-10H2,(H,22,23). The Morgan fingerprint density at radius 1 is 1.29 bits per heavy atom. The number of hydrogen-bond acceptors (Lipinski definition) is 6. The van der Waals surface area contributed by atoms with E-state index in [0.29, 0.717) is 41.9 Å². The second kappa shape index (κ2) is 7.23. The molecule has 1 fully saturated rings. The zero-order chi connectivity index (χ0) is 17.1. The molecule has 1 atom stereocenters. The Labute approximate surface area is 139 Å². The smallest absolute Gasteiger partial charge is 0.337 e. The number of aromatic carboxylic acids is 1. The average Bonchev–Trinajstić information content (AvgIpc) is 2.60. The van der Waals surface area contributed by atoms with Gasteiger partial charge in [-0.2, -0.15) is 0 Å². The monoisotopic (exact) mass is 332 g/mol. The first-order valence-corrected chi connectivity index (χ1v) is 7.84. The minimum absolute atomic E-state index is 0.185. The van der Waals surface area contributed by atoms with E-state index >= 15 is 0 Å². The van der Waals surface area contributed by atoms with E-state index in [1.165, 1.54) is 0 Å². The molecule has 3 rings (SSSR count). The van der Waals surface area contributed by atoms with Gasteiger partial charge in [0.15, 0.2) is 0 Å². The molecule has 0 saturated carbocycles. The predicted octanol–water partition coefficient (Wildman–Crippen LogP) is 0.791. The lowest BCUT2D eigenvalue weighted by atomic mass is 10.0.